The van der Waals surface area contributed by atoms with E-state index in [1.807, 2.05) is 36.6 Å². The number of methoxy groups -OCH3 is 1. The highest BCUT2D eigenvalue weighted by Crippen LogP contribution is 2.31. The summed E-state index contributed by atoms with van der Waals surface area (Å²) < 4.78 is 7.19. The van der Waals surface area contributed by atoms with Crippen LogP contribution in [0.25, 0.3) is 5.65 Å². The van der Waals surface area contributed by atoms with E-state index in [-0.39, 0.29) is 5.91 Å². The molecule has 1 aliphatic heterocycles. The van der Waals surface area contributed by atoms with Crippen LogP contribution >= 0.6 is 0 Å². The van der Waals surface area contributed by atoms with Gasteiger partial charge in [0.25, 0.3) is 5.91 Å². The second-order valence-corrected chi connectivity index (χ2v) is 9.53. The molecular formula is C30H34N4O2. The molecule has 2 aromatic heterocycles. The quantitative estimate of drug-likeness (QED) is 0.376. The molecule has 0 saturated carbocycles. The molecule has 1 fully saturated rings. The number of rotatable bonds is 7. The molecule has 3 heterocycles. The first-order valence-corrected chi connectivity index (χ1v) is 12.8. The highest BCUT2D eigenvalue weighted by Gasteiger charge is 2.21. The number of imidazole rings is 1. The van der Waals surface area contributed by atoms with Gasteiger partial charge in [-0.1, -0.05) is 37.3 Å². The average Bonchev–Trinajstić information content (AvgIpc) is 3.32. The van der Waals surface area contributed by atoms with E-state index in [4.69, 9.17) is 9.72 Å². The summed E-state index contributed by atoms with van der Waals surface area (Å²) in [4.78, 5) is 20.2. The number of aromatic nitrogens is 2. The number of ether oxygens (including phenoxy) is 1. The number of nitrogens with zero attached hydrogens (tertiary/aromatic N) is 3. The van der Waals surface area contributed by atoms with Crippen molar-refractivity contribution in [2.45, 2.75) is 45.6 Å². The second-order valence-electron chi connectivity index (χ2n) is 9.53. The van der Waals surface area contributed by atoms with Crippen LogP contribution in [-0.2, 0) is 13.0 Å². The first-order chi connectivity index (χ1) is 17.6. The maximum atomic E-state index is 13.1. The van der Waals surface area contributed by atoms with Crippen LogP contribution in [0.3, 0.4) is 0 Å². The van der Waals surface area contributed by atoms with E-state index in [0.717, 1.165) is 54.1 Å². The number of anilines is 1. The van der Waals surface area contributed by atoms with Crippen molar-refractivity contribution < 1.29 is 9.53 Å². The number of carbonyl (C=O) groups excluding carboxylic acids is 1. The van der Waals surface area contributed by atoms with Gasteiger partial charge in [-0.3, -0.25) is 9.20 Å². The lowest BCUT2D eigenvalue weighted by atomic mass is 9.89. The lowest BCUT2D eigenvalue weighted by Gasteiger charge is -2.34. The molecule has 6 heteroatoms. The molecule has 0 atom stereocenters. The van der Waals surface area contributed by atoms with Crippen molar-refractivity contribution >= 4 is 17.2 Å². The van der Waals surface area contributed by atoms with Gasteiger partial charge in [0, 0.05) is 31.5 Å². The molecule has 6 nitrogen and oxygen atoms in total. The molecule has 0 spiro atoms. The topological polar surface area (TPSA) is 58.9 Å². The number of piperidine rings is 1. The molecule has 0 unspecified atom stereocenters. The molecule has 36 heavy (non-hydrogen) atoms. The fourth-order valence-electron chi connectivity index (χ4n) is 5.18. The van der Waals surface area contributed by atoms with Crippen molar-refractivity contribution in [2.24, 2.45) is 0 Å². The zero-order valence-corrected chi connectivity index (χ0v) is 21.3. The molecule has 1 aliphatic rings. The maximum absolute atomic E-state index is 13.1. The summed E-state index contributed by atoms with van der Waals surface area (Å²) in [5.74, 6) is 1.42. The molecule has 0 radical (unpaired) electrons. The number of pyridine rings is 1. The van der Waals surface area contributed by atoms with Gasteiger partial charge < -0.3 is 15.0 Å². The number of hydrogen-bond donors (Lipinski definition) is 1. The minimum absolute atomic E-state index is 0.0883. The van der Waals surface area contributed by atoms with Gasteiger partial charge in [-0.05, 0) is 79.1 Å². The Labute approximate surface area is 212 Å². The molecule has 1 amide bonds. The van der Waals surface area contributed by atoms with Gasteiger partial charge in [-0.25, -0.2) is 4.98 Å². The van der Waals surface area contributed by atoms with E-state index in [0.29, 0.717) is 24.6 Å². The summed E-state index contributed by atoms with van der Waals surface area (Å²) in [6.07, 6.45) is 4.91. The van der Waals surface area contributed by atoms with Gasteiger partial charge >= 0.3 is 0 Å². The van der Waals surface area contributed by atoms with Crippen LogP contribution in [0, 0.1) is 6.92 Å². The summed E-state index contributed by atoms with van der Waals surface area (Å²) >= 11 is 0. The largest absolute Gasteiger partial charge is 0.497 e. The molecule has 0 aliphatic carbocycles. The molecule has 0 bridgehead atoms. The Bertz CT molecular complexity index is 1330. The number of benzene rings is 2. The van der Waals surface area contributed by atoms with Crippen molar-refractivity contribution in [3.63, 3.8) is 0 Å². The van der Waals surface area contributed by atoms with E-state index in [2.05, 4.69) is 58.7 Å². The Morgan fingerprint density at radius 2 is 1.78 bits per heavy atom. The van der Waals surface area contributed by atoms with Crippen LogP contribution in [0.15, 0.2) is 66.9 Å². The molecule has 5 rings (SSSR count). The second kappa shape index (κ2) is 10.4. The third kappa shape index (κ3) is 4.81. The summed E-state index contributed by atoms with van der Waals surface area (Å²) in [6, 6.07) is 21.0. The number of carbonyl (C=O) groups is 1. The fourth-order valence-corrected chi connectivity index (χ4v) is 5.18. The monoisotopic (exact) mass is 482 g/mol. The number of fused-ring (bicyclic) bond motifs is 1. The fraction of sp³-hybridized carbons (Fsp3) is 0.333. The SMILES string of the molecule is CCc1nc2c(C)cccn2c1C(=O)NCc1ccc(N2CCC(c3ccc(OC)cc3)CC2)cc1. The standard InChI is InChI=1S/C30H34N4O2/c1-4-27-28(34-17-5-6-21(2)29(34)32-27)30(35)31-20-22-7-11-25(12-8-22)33-18-15-24(16-19-33)23-9-13-26(36-3)14-10-23/h5-14,17,24H,4,15-16,18-20H2,1-3H3,(H,31,35). The minimum Gasteiger partial charge on any atom is -0.497 e. The molecule has 2 aromatic carbocycles. The van der Waals surface area contributed by atoms with E-state index < -0.39 is 0 Å². The normalized spacial score (nSPS) is 14.2. The van der Waals surface area contributed by atoms with Gasteiger partial charge in [0.15, 0.2) is 0 Å². The molecule has 4 aromatic rings. The van der Waals surface area contributed by atoms with Crippen molar-refractivity contribution in [1.29, 1.82) is 0 Å². The van der Waals surface area contributed by atoms with Gasteiger partial charge in [0.1, 0.15) is 17.1 Å². The van der Waals surface area contributed by atoms with E-state index in [9.17, 15) is 4.79 Å². The van der Waals surface area contributed by atoms with Crippen molar-refractivity contribution in [3.05, 3.63) is 94.9 Å². The average molecular weight is 483 g/mol. The minimum atomic E-state index is -0.0883. The smallest absolute Gasteiger partial charge is 0.270 e. The molecular weight excluding hydrogens is 448 g/mol. The highest BCUT2D eigenvalue weighted by atomic mass is 16.5. The Kier molecular flexibility index (Phi) is 6.94. The first-order valence-electron chi connectivity index (χ1n) is 12.8. The Hall–Kier alpha value is -3.80. The van der Waals surface area contributed by atoms with E-state index in [1.165, 1.54) is 11.3 Å². The van der Waals surface area contributed by atoms with Crippen LogP contribution < -0.4 is 15.0 Å². The number of amides is 1. The number of hydrogen-bond acceptors (Lipinski definition) is 4. The van der Waals surface area contributed by atoms with Crippen LogP contribution in [0.5, 0.6) is 5.75 Å². The maximum Gasteiger partial charge on any atom is 0.270 e. The Balaban J connectivity index is 1.19. The van der Waals surface area contributed by atoms with Crippen LogP contribution in [0.2, 0.25) is 0 Å². The summed E-state index contributed by atoms with van der Waals surface area (Å²) in [5, 5.41) is 3.10. The number of aryl methyl sites for hydroxylation is 2. The Morgan fingerprint density at radius 3 is 2.44 bits per heavy atom. The van der Waals surface area contributed by atoms with Gasteiger partial charge in [-0.2, -0.15) is 0 Å². The first kappa shape index (κ1) is 23.9. The van der Waals surface area contributed by atoms with Crippen molar-refractivity contribution in [1.82, 2.24) is 14.7 Å². The van der Waals surface area contributed by atoms with Crippen LogP contribution in [0.4, 0.5) is 5.69 Å². The third-order valence-corrected chi connectivity index (χ3v) is 7.30. The zero-order chi connectivity index (χ0) is 25.1. The highest BCUT2D eigenvalue weighted by molar-refractivity contribution is 5.94. The van der Waals surface area contributed by atoms with Gasteiger partial charge in [-0.15, -0.1) is 0 Å². The summed E-state index contributed by atoms with van der Waals surface area (Å²) in [6.45, 7) is 6.63. The van der Waals surface area contributed by atoms with E-state index in [1.54, 1.807) is 7.11 Å². The predicted octanol–water partition coefficient (Wildman–Crippen LogP) is 5.53. The Morgan fingerprint density at radius 1 is 1.06 bits per heavy atom. The lowest BCUT2D eigenvalue weighted by molar-refractivity contribution is 0.0944. The van der Waals surface area contributed by atoms with E-state index >= 15 is 0 Å². The van der Waals surface area contributed by atoms with Crippen molar-refractivity contribution in [2.75, 3.05) is 25.1 Å². The zero-order valence-electron chi connectivity index (χ0n) is 21.3. The third-order valence-electron chi connectivity index (χ3n) is 7.30. The number of nitrogens with one attached hydrogen (secondary N) is 1. The molecule has 1 N–H and O–H groups in total. The van der Waals surface area contributed by atoms with Crippen LogP contribution in [-0.4, -0.2) is 35.5 Å². The van der Waals surface area contributed by atoms with Gasteiger partial charge in [0.05, 0.1) is 12.8 Å². The van der Waals surface area contributed by atoms with Gasteiger partial charge in [0.2, 0.25) is 0 Å². The summed E-state index contributed by atoms with van der Waals surface area (Å²) in [7, 11) is 1.71. The predicted molar refractivity (Wildman–Crippen MR) is 144 cm³/mol. The van der Waals surface area contributed by atoms with Crippen LogP contribution in [0.1, 0.15) is 58.6 Å². The lowest BCUT2D eigenvalue weighted by Crippen LogP contribution is -2.32. The summed E-state index contributed by atoms with van der Waals surface area (Å²) in [5.41, 5.74) is 7.10. The van der Waals surface area contributed by atoms with Crippen molar-refractivity contribution in [3.8, 4) is 5.75 Å². The molecule has 186 valence electrons. The molecule has 1 saturated heterocycles.